The Morgan fingerprint density at radius 2 is 1.76 bits per heavy atom. The number of hydrogen-bond acceptors (Lipinski definition) is 3. The second-order valence-electron chi connectivity index (χ2n) is 5.86. The van der Waals surface area contributed by atoms with Gasteiger partial charge in [0, 0.05) is 34.4 Å². The average molecular weight is 399 g/mol. The summed E-state index contributed by atoms with van der Waals surface area (Å²) < 4.78 is 27.5. The molecular formula is C17H16Cl2N2O3S. The van der Waals surface area contributed by atoms with E-state index in [0.717, 1.165) is 17.7 Å². The Morgan fingerprint density at radius 3 is 2.32 bits per heavy atom. The molecule has 1 aliphatic rings. The first-order valence-electron chi connectivity index (χ1n) is 7.66. The highest BCUT2D eigenvalue weighted by molar-refractivity contribution is 7.92. The monoisotopic (exact) mass is 398 g/mol. The van der Waals surface area contributed by atoms with Crippen LogP contribution in [0.1, 0.15) is 18.4 Å². The number of nitrogens with one attached hydrogen (secondary N) is 1. The molecular weight excluding hydrogens is 383 g/mol. The van der Waals surface area contributed by atoms with Crippen LogP contribution < -0.4 is 9.62 Å². The highest BCUT2D eigenvalue weighted by atomic mass is 35.5. The van der Waals surface area contributed by atoms with E-state index >= 15 is 0 Å². The largest absolute Gasteiger partial charge is 0.312 e. The number of rotatable bonds is 4. The van der Waals surface area contributed by atoms with Crippen molar-refractivity contribution in [3.63, 3.8) is 0 Å². The highest BCUT2D eigenvalue weighted by Gasteiger charge is 2.23. The molecule has 1 N–H and O–H groups in total. The lowest BCUT2D eigenvalue weighted by Gasteiger charge is -2.19. The summed E-state index contributed by atoms with van der Waals surface area (Å²) in [7, 11) is -3.82. The molecule has 1 aliphatic heterocycles. The van der Waals surface area contributed by atoms with Crippen molar-refractivity contribution in [1.82, 2.24) is 0 Å². The zero-order valence-corrected chi connectivity index (χ0v) is 15.7. The molecule has 0 radical (unpaired) electrons. The Kier molecular flexibility index (Phi) is 4.95. The van der Waals surface area contributed by atoms with Crippen molar-refractivity contribution in [3.05, 3.63) is 52.0 Å². The fourth-order valence-corrected chi connectivity index (χ4v) is 4.60. The van der Waals surface area contributed by atoms with Crippen LogP contribution in [0.3, 0.4) is 0 Å². The third-order valence-corrected chi connectivity index (χ3v) is 5.76. The van der Waals surface area contributed by atoms with Crippen LogP contribution in [0.25, 0.3) is 0 Å². The lowest BCUT2D eigenvalue weighted by atomic mass is 10.1. The van der Waals surface area contributed by atoms with E-state index in [9.17, 15) is 13.2 Å². The maximum atomic E-state index is 12.5. The zero-order chi connectivity index (χ0) is 18.2. The van der Waals surface area contributed by atoms with Crippen LogP contribution in [0, 0.1) is 6.92 Å². The van der Waals surface area contributed by atoms with E-state index in [0.29, 0.717) is 18.7 Å². The van der Waals surface area contributed by atoms with Gasteiger partial charge in [-0.3, -0.25) is 9.52 Å². The highest BCUT2D eigenvalue weighted by Crippen LogP contribution is 2.29. The summed E-state index contributed by atoms with van der Waals surface area (Å²) in [4.78, 5) is 13.6. The van der Waals surface area contributed by atoms with E-state index in [1.807, 2.05) is 6.92 Å². The van der Waals surface area contributed by atoms with Crippen molar-refractivity contribution in [2.24, 2.45) is 0 Å². The molecule has 25 heavy (non-hydrogen) atoms. The lowest BCUT2D eigenvalue weighted by Crippen LogP contribution is -2.24. The van der Waals surface area contributed by atoms with Crippen LogP contribution >= 0.6 is 23.2 Å². The summed E-state index contributed by atoms with van der Waals surface area (Å²) in [6.07, 6.45) is 1.38. The van der Waals surface area contributed by atoms with Crippen molar-refractivity contribution in [2.45, 2.75) is 24.7 Å². The normalized spacial score (nSPS) is 14.8. The molecule has 3 rings (SSSR count). The third kappa shape index (κ3) is 3.92. The summed E-state index contributed by atoms with van der Waals surface area (Å²) in [5, 5.41) is 0.485. The standard InChI is InChI=1S/C17H16Cl2N2O3S/c1-11-7-14(4-5-16(11)21-6-2-3-17(21)22)20-25(23,24)15-9-12(18)8-13(19)10-15/h4-5,7-10,20H,2-3,6H2,1H3. The van der Waals surface area contributed by atoms with Crippen LogP contribution in [0.15, 0.2) is 41.3 Å². The number of anilines is 2. The molecule has 2 aromatic rings. The fraction of sp³-hybridized carbons (Fsp3) is 0.235. The second kappa shape index (κ2) is 6.86. The number of hydrogen-bond donors (Lipinski definition) is 1. The maximum Gasteiger partial charge on any atom is 0.261 e. The smallest absolute Gasteiger partial charge is 0.261 e. The second-order valence-corrected chi connectivity index (χ2v) is 8.42. The van der Waals surface area contributed by atoms with Crippen LogP contribution in [0.5, 0.6) is 0 Å². The number of halogens is 2. The molecule has 0 aromatic heterocycles. The topological polar surface area (TPSA) is 66.5 Å². The van der Waals surface area contributed by atoms with Crippen molar-refractivity contribution in [3.8, 4) is 0 Å². The van der Waals surface area contributed by atoms with Crippen LogP contribution in [-0.2, 0) is 14.8 Å². The van der Waals surface area contributed by atoms with Gasteiger partial charge in [-0.2, -0.15) is 0 Å². The van der Waals surface area contributed by atoms with Crippen LogP contribution in [0.4, 0.5) is 11.4 Å². The van der Waals surface area contributed by atoms with Crippen molar-refractivity contribution >= 4 is 50.5 Å². The minimum absolute atomic E-state index is 0.0125. The number of aryl methyl sites for hydroxylation is 1. The van der Waals surface area contributed by atoms with E-state index in [1.165, 1.54) is 18.2 Å². The first kappa shape index (κ1) is 18.0. The Balaban J connectivity index is 1.87. The van der Waals surface area contributed by atoms with E-state index in [2.05, 4.69) is 4.72 Å². The zero-order valence-electron chi connectivity index (χ0n) is 13.4. The molecule has 0 aliphatic carbocycles. The maximum absolute atomic E-state index is 12.5. The van der Waals surface area contributed by atoms with Gasteiger partial charge in [-0.1, -0.05) is 23.2 Å². The van der Waals surface area contributed by atoms with Crippen molar-refractivity contribution < 1.29 is 13.2 Å². The molecule has 2 aromatic carbocycles. The Labute approximate surface area is 156 Å². The van der Waals surface area contributed by atoms with Gasteiger partial charge < -0.3 is 4.90 Å². The minimum atomic E-state index is -3.82. The SMILES string of the molecule is Cc1cc(NS(=O)(=O)c2cc(Cl)cc(Cl)c2)ccc1N1CCCC1=O. The first-order valence-corrected chi connectivity index (χ1v) is 9.90. The van der Waals surface area contributed by atoms with E-state index in [1.54, 1.807) is 23.1 Å². The predicted molar refractivity (Wildman–Crippen MR) is 100 cm³/mol. The minimum Gasteiger partial charge on any atom is -0.312 e. The Hall–Kier alpha value is -1.76. The molecule has 1 fully saturated rings. The van der Waals surface area contributed by atoms with Gasteiger partial charge in [-0.05, 0) is 55.3 Å². The van der Waals surface area contributed by atoms with Gasteiger partial charge in [-0.15, -0.1) is 0 Å². The molecule has 132 valence electrons. The van der Waals surface area contributed by atoms with E-state index in [-0.39, 0.29) is 20.8 Å². The number of amides is 1. The van der Waals surface area contributed by atoms with E-state index < -0.39 is 10.0 Å². The molecule has 8 heteroatoms. The Morgan fingerprint density at radius 1 is 1.08 bits per heavy atom. The number of benzene rings is 2. The predicted octanol–water partition coefficient (Wildman–Crippen LogP) is 4.23. The molecule has 0 bridgehead atoms. The molecule has 0 saturated carbocycles. The van der Waals surface area contributed by atoms with Gasteiger partial charge in [-0.25, -0.2) is 8.42 Å². The fourth-order valence-electron chi connectivity index (χ4n) is 2.82. The molecule has 0 atom stereocenters. The average Bonchev–Trinajstić information content (AvgIpc) is 2.92. The summed E-state index contributed by atoms with van der Waals surface area (Å²) in [5.41, 5.74) is 2.03. The van der Waals surface area contributed by atoms with Crippen molar-refractivity contribution in [1.29, 1.82) is 0 Å². The summed E-state index contributed by atoms with van der Waals surface area (Å²) in [6.45, 7) is 2.53. The lowest BCUT2D eigenvalue weighted by molar-refractivity contribution is -0.117. The number of carbonyl (C=O) groups excluding carboxylic acids is 1. The first-order chi connectivity index (χ1) is 11.8. The number of nitrogens with zero attached hydrogens (tertiary/aromatic N) is 1. The number of sulfonamides is 1. The van der Waals surface area contributed by atoms with Gasteiger partial charge >= 0.3 is 0 Å². The molecule has 1 heterocycles. The summed E-state index contributed by atoms with van der Waals surface area (Å²) >= 11 is 11.8. The van der Waals surface area contributed by atoms with Crippen LogP contribution in [-0.4, -0.2) is 20.9 Å². The molecule has 0 unspecified atom stereocenters. The molecule has 1 amide bonds. The van der Waals surface area contributed by atoms with Gasteiger partial charge in [0.05, 0.1) is 4.90 Å². The van der Waals surface area contributed by atoms with Gasteiger partial charge in [0.1, 0.15) is 0 Å². The molecule has 0 spiro atoms. The number of carbonyl (C=O) groups is 1. The quantitative estimate of drug-likeness (QED) is 0.837. The summed E-state index contributed by atoms with van der Waals surface area (Å²) in [6, 6.07) is 9.22. The molecule has 5 nitrogen and oxygen atoms in total. The third-order valence-electron chi connectivity index (χ3n) is 3.96. The Bertz CT molecular complexity index is 925. The van der Waals surface area contributed by atoms with Gasteiger partial charge in [0.15, 0.2) is 0 Å². The molecule has 1 saturated heterocycles. The summed E-state index contributed by atoms with van der Waals surface area (Å²) in [5.74, 6) is 0.0880. The van der Waals surface area contributed by atoms with Gasteiger partial charge in [0.2, 0.25) is 5.91 Å². The van der Waals surface area contributed by atoms with Crippen LogP contribution in [0.2, 0.25) is 10.0 Å². The van der Waals surface area contributed by atoms with Gasteiger partial charge in [0.25, 0.3) is 10.0 Å². The van der Waals surface area contributed by atoms with E-state index in [4.69, 9.17) is 23.2 Å². The van der Waals surface area contributed by atoms with Crippen molar-refractivity contribution in [2.75, 3.05) is 16.2 Å².